The van der Waals surface area contributed by atoms with E-state index in [1.54, 1.807) is 0 Å². The normalized spacial score (nSPS) is 14.7. The Kier molecular flexibility index (Phi) is 9.88. The highest BCUT2D eigenvalue weighted by atomic mass is 16.5. The summed E-state index contributed by atoms with van der Waals surface area (Å²) in [5, 5.41) is 3.30. The Morgan fingerprint density at radius 1 is 1.16 bits per heavy atom. The molecule has 4 nitrogen and oxygen atoms in total. The maximum absolute atomic E-state index is 12.0. The lowest BCUT2D eigenvalue weighted by atomic mass is 10.1. The molecular formula is C15H32N2O2. The maximum atomic E-state index is 12.0. The molecule has 1 N–H and O–H groups in total. The number of rotatable bonds is 10. The highest BCUT2D eigenvalue weighted by molar-refractivity contribution is 5.76. The summed E-state index contributed by atoms with van der Waals surface area (Å²) in [6.45, 7) is 15.7. The van der Waals surface area contributed by atoms with Crippen LogP contribution in [0.25, 0.3) is 0 Å². The second-order valence-corrected chi connectivity index (χ2v) is 5.49. The molecule has 0 rings (SSSR count). The summed E-state index contributed by atoms with van der Waals surface area (Å²) in [5.41, 5.74) is 0. The zero-order valence-corrected chi connectivity index (χ0v) is 13.5. The van der Waals surface area contributed by atoms with Crippen LogP contribution in [0.3, 0.4) is 0 Å². The average Bonchev–Trinajstić information content (AvgIpc) is 2.36. The Balaban J connectivity index is 4.53. The van der Waals surface area contributed by atoms with Crippen LogP contribution in [0, 0.1) is 5.92 Å². The van der Waals surface area contributed by atoms with Gasteiger partial charge in [-0.2, -0.15) is 0 Å². The quantitative estimate of drug-likeness (QED) is 0.620. The zero-order valence-electron chi connectivity index (χ0n) is 13.5. The molecule has 0 aromatic rings. The molecular weight excluding hydrogens is 240 g/mol. The predicted molar refractivity (Wildman–Crippen MR) is 80.3 cm³/mol. The highest BCUT2D eigenvalue weighted by Crippen LogP contribution is 2.06. The Bertz CT molecular complexity index is 244. The second kappa shape index (κ2) is 10.2. The van der Waals surface area contributed by atoms with E-state index in [4.69, 9.17) is 4.74 Å². The summed E-state index contributed by atoms with van der Waals surface area (Å²) in [4.78, 5) is 14.3. The smallest absolute Gasteiger partial charge is 0.324 e. The fourth-order valence-corrected chi connectivity index (χ4v) is 2.00. The number of ether oxygens (including phenoxy) is 1. The van der Waals surface area contributed by atoms with Crippen LogP contribution >= 0.6 is 0 Å². The highest BCUT2D eigenvalue weighted by Gasteiger charge is 2.23. The van der Waals surface area contributed by atoms with Crippen LogP contribution in [0.5, 0.6) is 0 Å². The van der Waals surface area contributed by atoms with Crippen LogP contribution in [-0.2, 0) is 9.53 Å². The van der Waals surface area contributed by atoms with Crippen LogP contribution < -0.4 is 5.32 Å². The molecule has 0 saturated carbocycles. The first-order valence-corrected chi connectivity index (χ1v) is 7.59. The Hall–Kier alpha value is -0.610. The Morgan fingerprint density at radius 3 is 2.21 bits per heavy atom. The largest absolute Gasteiger partial charge is 0.465 e. The number of hydrogen-bond donors (Lipinski definition) is 1. The van der Waals surface area contributed by atoms with Crippen LogP contribution in [0.4, 0.5) is 0 Å². The molecule has 0 saturated heterocycles. The second-order valence-electron chi connectivity index (χ2n) is 5.49. The molecule has 0 heterocycles. The van der Waals surface area contributed by atoms with Gasteiger partial charge in [-0.1, -0.05) is 41.0 Å². The van der Waals surface area contributed by atoms with Crippen molar-refractivity contribution >= 4 is 5.97 Å². The molecule has 114 valence electrons. The molecule has 2 unspecified atom stereocenters. The van der Waals surface area contributed by atoms with Crippen LogP contribution in [0.1, 0.15) is 48.0 Å². The number of esters is 1. The van der Waals surface area contributed by atoms with Gasteiger partial charge in [0.25, 0.3) is 0 Å². The van der Waals surface area contributed by atoms with Crippen LogP contribution in [-0.4, -0.2) is 49.2 Å². The van der Waals surface area contributed by atoms with Gasteiger partial charge in [-0.25, -0.2) is 0 Å². The third-order valence-electron chi connectivity index (χ3n) is 3.26. The Morgan fingerprint density at radius 2 is 1.79 bits per heavy atom. The minimum absolute atomic E-state index is 0.140. The van der Waals surface area contributed by atoms with Crippen molar-refractivity contribution in [3.63, 3.8) is 0 Å². The molecule has 19 heavy (non-hydrogen) atoms. The molecule has 4 heteroatoms. The number of nitrogens with zero attached hydrogens (tertiary/aromatic N) is 1. The molecule has 0 aromatic carbocycles. The number of likely N-dealkylation sites (N-methyl/N-ethyl adjacent to an activating group) is 1. The molecule has 0 aliphatic rings. The van der Waals surface area contributed by atoms with E-state index in [2.05, 4.69) is 44.8 Å². The van der Waals surface area contributed by atoms with Gasteiger partial charge >= 0.3 is 5.97 Å². The summed E-state index contributed by atoms with van der Waals surface area (Å²) in [6.07, 6.45) is 1.16. The predicted octanol–water partition coefficient (Wildman–Crippen LogP) is 2.28. The van der Waals surface area contributed by atoms with Gasteiger partial charge < -0.3 is 15.0 Å². The summed E-state index contributed by atoms with van der Waals surface area (Å²) in [5.74, 6) is 0.514. The zero-order chi connectivity index (χ0) is 14.8. The first kappa shape index (κ1) is 18.4. The third-order valence-corrected chi connectivity index (χ3v) is 3.26. The third kappa shape index (κ3) is 8.22. The van der Waals surface area contributed by atoms with Crippen molar-refractivity contribution in [1.82, 2.24) is 10.2 Å². The lowest BCUT2D eigenvalue weighted by Crippen LogP contribution is -2.50. The van der Waals surface area contributed by atoms with Crippen molar-refractivity contribution in [1.29, 1.82) is 0 Å². The fourth-order valence-electron chi connectivity index (χ4n) is 2.00. The number of hydrogen-bond acceptors (Lipinski definition) is 4. The van der Waals surface area contributed by atoms with E-state index in [0.29, 0.717) is 12.5 Å². The first-order valence-electron chi connectivity index (χ1n) is 7.59. The molecule has 2 atom stereocenters. The van der Waals surface area contributed by atoms with E-state index in [0.717, 1.165) is 26.1 Å². The van der Waals surface area contributed by atoms with E-state index in [1.165, 1.54) is 0 Å². The van der Waals surface area contributed by atoms with E-state index in [-0.39, 0.29) is 18.1 Å². The molecule has 0 fully saturated rings. The van der Waals surface area contributed by atoms with E-state index < -0.39 is 0 Å². The van der Waals surface area contributed by atoms with Gasteiger partial charge in [0.05, 0.1) is 6.61 Å². The van der Waals surface area contributed by atoms with Gasteiger partial charge in [0, 0.05) is 19.1 Å². The van der Waals surface area contributed by atoms with Crippen molar-refractivity contribution in [2.24, 2.45) is 5.92 Å². The number of carbonyl (C=O) groups excluding carboxylic acids is 1. The van der Waals surface area contributed by atoms with E-state index in [9.17, 15) is 4.79 Å². The van der Waals surface area contributed by atoms with Gasteiger partial charge in [0.1, 0.15) is 6.04 Å². The standard InChI is InChI=1S/C15H32N2O2/c1-7-13(6)10-17(8-2)11-14(16-12(4)5)15(18)19-9-3/h12-14,16H,7-11H2,1-6H3. The van der Waals surface area contributed by atoms with Gasteiger partial charge in [0.15, 0.2) is 0 Å². The molecule has 0 spiro atoms. The maximum Gasteiger partial charge on any atom is 0.324 e. The van der Waals surface area contributed by atoms with Gasteiger partial charge in [-0.05, 0) is 19.4 Å². The SMILES string of the molecule is CCOC(=O)C(CN(CC)CC(C)CC)NC(C)C. The molecule has 0 amide bonds. The van der Waals surface area contributed by atoms with E-state index in [1.807, 2.05) is 6.92 Å². The van der Waals surface area contributed by atoms with Gasteiger partial charge in [-0.15, -0.1) is 0 Å². The Labute approximate surface area is 118 Å². The van der Waals surface area contributed by atoms with Crippen molar-refractivity contribution in [2.75, 3.05) is 26.2 Å². The fraction of sp³-hybridized carbons (Fsp3) is 0.933. The summed E-state index contributed by atoms with van der Waals surface area (Å²) >= 11 is 0. The van der Waals surface area contributed by atoms with Crippen molar-refractivity contribution in [2.45, 2.75) is 60.0 Å². The summed E-state index contributed by atoms with van der Waals surface area (Å²) < 4.78 is 5.15. The van der Waals surface area contributed by atoms with Crippen molar-refractivity contribution < 1.29 is 9.53 Å². The summed E-state index contributed by atoms with van der Waals surface area (Å²) in [6, 6.07) is 0.0423. The molecule has 0 aliphatic heterocycles. The first-order chi connectivity index (χ1) is 8.94. The topological polar surface area (TPSA) is 41.6 Å². The minimum atomic E-state index is -0.232. The molecule has 0 bridgehead atoms. The lowest BCUT2D eigenvalue weighted by molar-refractivity contribution is -0.146. The van der Waals surface area contributed by atoms with Gasteiger partial charge in [0.2, 0.25) is 0 Å². The average molecular weight is 272 g/mol. The van der Waals surface area contributed by atoms with Crippen LogP contribution in [0.2, 0.25) is 0 Å². The van der Waals surface area contributed by atoms with Crippen molar-refractivity contribution in [3.8, 4) is 0 Å². The molecule has 0 radical (unpaired) electrons. The van der Waals surface area contributed by atoms with Gasteiger partial charge in [-0.3, -0.25) is 4.79 Å². The molecule has 0 aliphatic carbocycles. The summed E-state index contributed by atoms with van der Waals surface area (Å²) in [7, 11) is 0. The van der Waals surface area contributed by atoms with E-state index >= 15 is 0 Å². The number of nitrogens with one attached hydrogen (secondary N) is 1. The lowest BCUT2D eigenvalue weighted by Gasteiger charge is -2.29. The van der Waals surface area contributed by atoms with Crippen LogP contribution in [0.15, 0.2) is 0 Å². The number of carbonyl (C=O) groups is 1. The van der Waals surface area contributed by atoms with Crippen molar-refractivity contribution in [3.05, 3.63) is 0 Å². The minimum Gasteiger partial charge on any atom is -0.465 e. The molecule has 0 aromatic heterocycles. The monoisotopic (exact) mass is 272 g/mol.